The molecule has 2 heteroatoms. The summed E-state index contributed by atoms with van der Waals surface area (Å²) < 4.78 is 5.05. The Kier molecular flexibility index (Phi) is 2.86. The molecule has 0 fully saturated rings. The summed E-state index contributed by atoms with van der Waals surface area (Å²) in [7, 11) is 1.57. The third-order valence-corrected chi connectivity index (χ3v) is 1.73. The minimum atomic E-state index is 0.118. The highest BCUT2D eigenvalue weighted by atomic mass is 16.5. The molecule has 0 aliphatic carbocycles. The van der Waals surface area contributed by atoms with Crippen LogP contribution in [0.3, 0.4) is 0 Å². The number of ether oxygens (including phenoxy) is 1. The monoisotopic (exact) mass is 164 g/mol. The van der Waals surface area contributed by atoms with E-state index in [9.17, 15) is 4.79 Å². The number of ketones is 1. The molecule has 0 amide bonds. The third kappa shape index (κ3) is 1.64. The fraction of sp³-hybridized carbons (Fsp3) is 0.300. The Morgan fingerprint density at radius 3 is 2.67 bits per heavy atom. The zero-order valence-corrected chi connectivity index (χ0v) is 7.33. The molecule has 1 aromatic rings. The Morgan fingerprint density at radius 1 is 1.42 bits per heavy atom. The summed E-state index contributed by atoms with van der Waals surface area (Å²) in [4.78, 5) is 11.3. The van der Waals surface area contributed by atoms with Gasteiger partial charge in [-0.3, -0.25) is 4.79 Å². The fourth-order valence-electron chi connectivity index (χ4n) is 1.07. The van der Waals surface area contributed by atoms with Crippen molar-refractivity contribution >= 4 is 5.78 Å². The molecule has 0 N–H and O–H groups in total. The standard InChI is InChI=1S/C10H12O2/c1-3-9(11)8-6-4-5-7-10(8)12-2/h4-7H,3H2,1-2H3. The van der Waals surface area contributed by atoms with Gasteiger partial charge < -0.3 is 4.74 Å². The van der Waals surface area contributed by atoms with E-state index in [0.29, 0.717) is 17.7 Å². The summed E-state index contributed by atoms with van der Waals surface area (Å²) >= 11 is 0. The summed E-state index contributed by atoms with van der Waals surface area (Å²) in [5.41, 5.74) is 0.669. The van der Waals surface area contributed by atoms with Crippen LogP contribution in [0.4, 0.5) is 0 Å². The van der Waals surface area contributed by atoms with Crippen molar-refractivity contribution in [3.05, 3.63) is 29.8 Å². The van der Waals surface area contributed by atoms with Gasteiger partial charge >= 0.3 is 0 Å². The molecule has 0 saturated heterocycles. The Labute approximate surface area is 72.2 Å². The summed E-state index contributed by atoms with van der Waals surface area (Å²) in [6.45, 7) is 1.84. The van der Waals surface area contributed by atoms with Gasteiger partial charge in [0, 0.05) is 6.42 Å². The molecule has 0 heterocycles. The predicted octanol–water partition coefficient (Wildman–Crippen LogP) is 2.29. The van der Waals surface area contributed by atoms with Gasteiger partial charge in [-0.15, -0.1) is 0 Å². The number of rotatable bonds is 3. The van der Waals surface area contributed by atoms with E-state index in [1.54, 1.807) is 19.2 Å². The predicted molar refractivity (Wildman–Crippen MR) is 47.6 cm³/mol. The lowest BCUT2D eigenvalue weighted by Crippen LogP contribution is -1.99. The second-order valence-corrected chi connectivity index (χ2v) is 2.48. The number of benzene rings is 1. The van der Waals surface area contributed by atoms with E-state index in [4.69, 9.17) is 4.74 Å². The van der Waals surface area contributed by atoms with E-state index >= 15 is 0 Å². The number of hydrogen-bond acceptors (Lipinski definition) is 2. The van der Waals surface area contributed by atoms with Crippen LogP contribution in [0.15, 0.2) is 24.3 Å². The fourth-order valence-corrected chi connectivity index (χ4v) is 1.07. The van der Waals surface area contributed by atoms with Crippen molar-refractivity contribution in [1.29, 1.82) is 0 Å². The van der Waals surface area contributed by atoms with E-state index in [-0.39, 0.29) is 5.78 Å². The molecule has 0 aromatic heterocycles. The molecule has 0 atom stereocenters. The Bertz CT molecular complexity index is 279. The second-order valence-electron chi connectivity index (χ2n) is 2.48. The summed E-state index contributed by atoms with van der Waals surface area (Å²) in [6.07, 6.45) is 0.514. The lowest BCUT2D eigenvalue weighted by atomic mass is 10.1. The van der Waals surface area contributed by atoms with Crippen LogP contribution in [0.25, 0.3) is 0 Å². The molecule has 0 bridgehead atoms. The van der Waals surface area contributed by atoms with Crippen molar-refractivity contribution in [2.75, 3.05) is 7.11 Å². The molecule has 0 unspecified atom stereocenters. The van der Waals surface area contributed by atoms with E-state index in [2.05, 4.69) is 0 Å². The maximum atomic E-state index is 11.3. The van der Waals surface area contributed by atoms with Crippen LogP contribution >= 0.6 is 0 Å². The normalized spacial score (nSPS) is 9.50. The molecule has 0 spiro atoms. The van der Waals surface area contributed by atoms with Crippen molar-refractivity contribution in [3.63, 3.8) is 0 Å². The number of hydrogen-bond donors (Lipinski definition) is 0. The van der Waals surface area contributed by atoms with E-state index < -0.39 is 0 Å². The topological polar surface area (TPSA) is 26.3 Å². The first kappa shape index (κ1) is 8.78. The molecule has 1 rings (SSSR count). The average Bonchev–Trinajstić information content (AvgIpc) is 2.16. The third-order valence-electron chi connectivity index (χ3n) is 1.73. The summed E-state index contributed by atoms with van der Waals surface area (Å²) in [6, 6.07) is 7.27. The highest BCUT2D eigenvalue weighted by molar-refractivity contribution is 5.98. The lowest BCUT2D eigenvalue weighted by Gasteiger charge is -2.04. The lowest BCUT2D eigenvalue weighted by molar-refractivity contribution is 0.0985. The number of para-hydroxylation sites is 1. The van der Waals surface area contributed by atoms with Crippen LogP contribution in [0.2, 0.25) is 0 Å². The van der Waals surface area contributed by atoms with Crippen molar-refractivity contribution < 1.29 is 9.53 Å². The van der Waals surface area contributed by atoms with E-state index in [0.717, 1.165) is 0 Å². The van der Waals surface area contributed by atoms with Gasteiger partial charge in [-0.2, -0.15) is 0 Å². The van der Waals surface area contributed by atoms with Crippen LogP contribution in [-0.4, -0.2) is 12.9 Å². The van der Waals surface area contributed by atoms with Gasteiger partial charge in [0.05, 0.1) is 12.7 Å². The highest BCUT2D eigenvalue weighted by Crippen LogP contribution is 2.18. The summed E-state index contributed by atoms with van der Waals surface area (Å²) in [5.74, 6) is 0.775. The number of carbonyl (C=O) groups is 1. The van der Waals surface area contributed by atoms with Gasteiger partial charge in [0.15, 0.2) is 5.78 Å². The van der Waals surface area contributed by atoms with E-state index in [1.807, 2.05) is 19.1 Å². The minimum Gasteiger partial charge on any atom is -0.496 e. The first-order valence-electron chi connectivity index (χ1n) is 3.95. The number of Topliss-reactive ketones (excluding diaryl/α,β-unsaturated/α-hetero) is 1. The van der Waals surface area contributed by atoms with Crippen LogP contribution in [0, 0.1) is 0 Å². The maximum Gasteiger partial charge on any atom is 0.166 e. The Hall–Kier alpha value is -1.31. The molecule has 0 radical (unpaired) electrons. The molecule has 0 aliphatic heterocycles. The quantitative estimate of drug-likeness (QED) is 0.641. The van der Waals surface area contributed by atoms with Gasteiger partial charge in [0.2, 0.25) is 0 Å². The molecule has 0 saturated carbocycles. The summed E-state index contributed by atoms with van der Waals surface area (Å²) in [5, 5.41) is 0. The van der Waals surface area contributed by atoms with Gasteiger partial charge in [0.1, 0.15) is 5.75 Å². The number of methoxy groups -OCH3 is 1. The van der Waals surface area contributed by atoms with Crippen LogP contribution in [0.5, 0.6) is 5.75 Å². The van der Waals surface area contributed by atoms with Gasteiger partial charge in [-0.25, -0.2) is 0 Å². The SMILES string of the molecule is CCC(=O)c1ccccc1OC. The average molecular weight is 164 g/mol. The molecule has 1 aromatic carbocycles. The first-order chi connectivity index (χ1) is 5.79. The van der Waals surface area contributed by atoms with Crippen molar-refractivity contribution in [2.24, 2.45) is 0 Å². The largest absolute Gasteiger partial charge is 0.496 e. The molecule has 64 valence electrons. The molecule has 12 heavy (non-hydrogen) atoms. The van der Waals surface area contributed by atoms with Crippen LogP contribution in [0.1, 0.15) is 23.7 Å². The van der Waals surface area contributed by atoms with E-state index in [1.165, 1.54) is 0 Å². The van der Waals surface area contributed by atoms with Crippen LogP contribution < -0.4 is 4.74 Å². The van der Waals surface area contributed by atoms with Gasteiger partial charge in [-0.05, 0) is 12.1 Å². The molecule has 0 aliphatic rings. The van der Waals surface area contributed by atoms with Gasteiger partial charge in [-0.1, -0.05) is 19.1 Å². The van der Waals surface area contributed by atoms with Crippen molar-refractivity contribution in [1.82, 2.24) is 0 Å². The minimum absolute atomic E-state index is 0.118. The zero-order chi connectivity index (χ0) is 8.97. The zero-order valence-electron chi connectivity index (χ0n) is 7.33. The maximum absolute atomic E-state index is 11.3. The molecule has 2 nitrogen and oxygen atoms in total. The smallest absolute Gasteiger partial charge is 0.166 e. The Balaban J connectivity index is 3.04. The second kappa shape index (κ2) is 3.90. The number of carbonyl (C=O) groups excluding carboxylic acids is 1. The van der Waals surface area contributed by atoms with Crippen LogP contribution in [-0.2, 0) is 0 Å². The molecular weight excluding hydrogens is 152 g/mol. The Morgan fingerprint density at radius 2 is 2.08 bits per heavy atom. The first-order valence-corrected chi connectivity index (χ1v) is 3.95. The molecular formula is C10H12O2. The van der Waals surface area contributed by atoms with Crippen molar-refractivity contribution in [3.8, 4) is 5.75 Å². The highest BCUT2D eigenvalue weighted by Gasteiger charge is 2.07. The van der Waals surface area contributed by atoms with Gasteiger partial charge in [0.25, 0.3) is 0 Å². The van der Waals surface area contributed by atoms with Crippen molar-refractivity contribution in [2.45, 2.75) is 13.3 Å².